The molecule has 2 N–H and O–H groups in total. The van der Waals surface area contributed by atoms with Crippen molar-refractivity contribution in [1.82, 2.24) is 0 Å². The predicted octanol–water partition coefficient (Wildman–Crippen LogP) is 3.62. The van der Waals surface area contributed by atoms with E-state index >= 15 is 0 Å². The smallest absolute Gasteiger partial charge is 0.300 e. The number of hydrogen-bond donors (Lipinski definition) is 2. The van der Waals surface area contributed by atoms with Gasteiger partial charge in [-0.2, -0.15) is 0 Å². The predicted molar refractivity (Wildman–Crippen MR) is 81.8 cm³/mol. The van der Waals surface area contributed by atoms with Crippen LogP contribution in [0.15, 0.2) is 18.2 Å². The Morgan fingerprint density at radius 3 is 2.24 bits per heavy atom. The van der Waals surface area contributed by atoms with Gasteiger partial charge in [0, 0.05) is 6.92 Å². The molecule has 0 aliphatic heterocycles. The van der Waals surface area contributed by atoms with Crippen molar-refractivity contribution in [3.8, 4) is 17.2 Å². The fourth-order valence-corrected chi connectivity index (χ4v) is 2.24. The molecule has 0 bridgehead atoms. The number of aryl methyl sites for hydroxylation is 1. The third-order valence-corrected chi connectivity index (χ3v) is 3.05. The number of fused-ring (bicyclic) bond motifs is 1. The van der Waals surface area contributed by atoms with Crippen LogP contribution >= 0.6 is 11.6 Å². The fraction of sp³-hybridized carbons (Fsp3) is 0.267. The lowest BCUT2D eigenvalue weighted by Crippen LogP contribution is -1.93. The van der Waals surface area contributed by atoms with Gasteiger partial charge in [0.2, 0.25) is 0 Å². The number of rotatable bonds is 2. The van der Waals surface area contributed by atoms with E-state index in [9.17, 15) is 5.11 Å². The molecule has 0 radical (unpaired) electrons. The number of carboxylic acids is 1. The maximum absolute atomic E-state index is 9.92. The van der Waals surface area contributed by atoms with Crippen LogP contribution in [0, 0.1) is 6.92 Å². The number of phenolic OH excluding ortho intramolecular Hbond substituents is 1. The molecule has 0 aliphatic rings. The molecular formula is C15H17ClO5. The van der Waals surface area contributed by atoms with Gasteiger partial charge in [0.25, 0.3) is 5.97 Å². The standard InChI is InChI=1S/C13H13ClO3.C2H4O2/c1-7-6-10(16-2)12-9(15)5-4-8(14)11(12)13(7)17-3;1-2(3)4/h4-6,15H,1-3H3;1H3,(H,3,4). The lowest BCUT2D eigenvalue weighted by Gasteiger charge is -2.14. The van der Waals surface area contributed by atoms with E-state index in [-0.39, 0.29) is 5.75 Å². The summed E-state index contributed by atoms with van der Waals surface area (Å²) in [5, 5.41) is 19.1. The van der Waals surface area contributed by atoms with E-state index in [4.69, 9.17) is 31.0 Å². The van der Waals surface area contributed by atoms with Crippen molar-refractivity contribution in [2.45, 2.75) is 13.8 Å². The van der Waals surface area contributed by atoms with Gasteiger partial charge in [-0.05, 0) is 30.7 Å². The Hall–Kier alpha value is -2.14. The minimum absolute atomic E-state index is 0.125. The molecular weight excluding hydrogens is 296 g/mol. The van der Waals surface area contributed by atoms with Gasteiger partial charge in [0.15, 0.2) is 0 Å². The van der Waals surface area contributed by atoms with Gasteiger partial charge in [-0.3, -0.25) is 4.79 Å². The second-order valence-corrected chi connectivity index (χ2v) is 4.67. The number of carboxylic acid groups (broad SMARTS) is 1. The Morgan fingerprint density at radius 1 is 1.19 bits per heavy atom. The van der Waals surface area contributed by atoms with Crippen LogP contribution in [0.1, 0.15) is 12.5 Å². The Labute approximate surface area is 127 Å². The summed E-state index contributed by atoms with van der Waals surface area (Å²) < 4.78 is 10.6. The molecule has 6 heteroatoms. The monoisotopic (exact) mass is 312 g/mol. The Balaban J connectivity index is 0.000000491. The number of hydrogen-bond acceptors (Lipinski definition) is 4. The maximum atomic E-state index is 9.92. The first kappa shape index (κ1) is 16.9. The normalized spacial score (nSPS) is 9.76. The Bertz CT molecular complexity index is 663. The van der Waals surface area contributed by atoms with Gasteiger partial charge in [0.1, 0.15) is 17.2 Å². The van der Waals surface area contributed by atoms with Crippen molar-refractivity contribution < 1.29 is 24.5 Å². The van der Waals surface area contributed by atoms with Crippen molar-refractivity contribution in [3.05, 3.63) is 28.8 Å². The second-order valence-electron chi connectivity index (χ2n) is 4.26. The number of phenols is 1. The highest BCUT2D eigenvalue weighted by molar-refractivity contribution is 6.36. The molecule has 2 rings (SSSR count). The minimum atomic E-state index is -0.833. The third-order valence-electron chi connectivity index (χ3n) is 2.74. The fourth-order valence-electron chi connectivity index (χ4n) is 1.99. The highest BCUT2D eigenvalue weighted by atomic mass is 35.5. The summed E-state index contributed by atoms with van der Waals surface area (Å²) in [5.41, 5.74) is 0.907. The highest BCUT2D eigenvalue weighted by Crippen LogP contribution is 2.44. The van der Waals surface area contributed by atoms with Crippen LogP contribution in [0.4, 0.5) is 0 Å². The molecule has 2 aromatic carbocycles. The van der Waals surface area contributed by atoms with E-state index in [1.165, 1.54) is 0 Å². The number of halogens is 1. The van der Waals surface area contributed by atoms with Crippen LogP contribution < -0.4 is 9.47 Å². The van der Waals surface area contributed by atoms with Crippen molar-refractivity contribution >= 4 is 28.3 Å². The van der Waals surface area contributed by atoms with Crippen molar-refractivity contribution in [3.63, 3.8) is 0 Å². The molecule has 2 aromatic rings. The molecule has 5 nitrogen and oxygen atoms in total. The first-order valence-corrected chi connectivity index (χ1v) is 6.43. The number of methoxy groups -OCH3 is 2. The van der Waals surface area contributed by atoms with Crippen LogP contribution in [0.25, 0.3) is 10.8 Å². The van der Waals surface area contributed by atoms with Crippen LogP contribution in [-0.4, -0.2) is 30.4 Å². The first-order valence-electron chi connectivity index (χ1n) is 6.05. The first-order chi connectivity index (χ1) is 9.83. The second kappa shape index (κ2) is 7.04. The van der Waals surface area contributed by atoms with E-state index in [1.54, 1.807) is 26.4 Å². The van der Waals surface area contributed by atoms with E-state index in [0.29, 0.717) is 27.3 Å². The largest absolute Gasteiger partial charge is 0.507 e. The van der Waals surface area contributed by atoms with E-state index in [1.807, 2.05) is 13.0 Å². The third kappa shape index (κ3) is 3.70. The average Bonchev–Trinajstić information content (AvgIpc) is 2.41. The summed E-state index contributed by atoms with van der Waals surface area (Å²) in [6.07, 6.45) is 0. The number of aliphatic carboxylic acids is 1. The number of benzene rings is 2. The van der Waals surface area contributed by atoms with Gasteiger partial charge >= 0.3 is 0 Å². The van der Waals surface area contributed by atoms with Gasteiger partial charge in [-0.25, -0.2) is 0 Å². The van der Waals surface area contributed by atoms with Gasteiger partial charge < -0.3 is 19.7 Å². The van der Waals surface area contributed by atoms with Crippen LogP contribution in [0.2, 0.25) is 5.02 Å². The van der Waals surface area contributed by atoms with Crippen molar-refractivity contribution in [2.75, 3.05) is 14.2 Å². The Morgan fingerprint density at radius 2 is 1.76 bits per heavy atom. The SMILES string of the molecule is CC(=O)O.COc1cc(C)c(OC)c2c(Cl)ccc(O)c12. The van der Waals surface area contributed by atoms with E-state index < -0.39 is 5.97 Å². The summed E-state index contributed by atoms with van der Waals surface area (Å²) in [4.78, 5) is 9.00. The molecule has 0 spiro atoms. The maximum Gasteiger partial charge on any atom is 0.300 e. The van der Waals surface area contributed by atoms with E-state index in [0.717, 1.165) is 12.5 Å². The average molecular weight is 313 g/mol. The minimum Gasteiger partial charge on any atom is -0.507 e. The molecule has 0 fully saturated rings. The lowest BCUT2D eigenvalue weighted by molar-refractivity contribution is -0.134. The Kier molecular flexibility index (Phi) is 5.67. The van der Waals surface area contributed by atoms with Crippen molar-refractivity contribution in [1.29, 1.82) is 0 Å². The quantitative estimate of drug-likeness (QED) is 0.885. The summed E-state index contributed by atoms with van der Waals surface area (Å²) >= 11 is 6.17. The molecule has 0 saturated heterocycles. The highest BCUT2D eigenvalue weighted by Gasteiger charge is 2.16. The molecule has 21 heavy (non-hydrogen) atoms. The van der Waals surface area contributed by atoms with Gasteiger partial charge in [0.05, 0.1) is 30.0 Å². The number of carbonyl (C=O) groups is 1. The van der Waals surface area contributed by atoms with Gasteiger partial charge in [-0.1, -0.05) is 11.6 Å². The van der Waals surface area contributed by atoms with Crippen LogP contribution in [-0.2, 0) is 4.79 Å². The topological polar surface area (TPSA) is 76.0 Å². The molecule has 0 atom stereocenters. The zero-order chi connectivity index (χ0) is 16.2. The lowest BCUT2D eigenvalue weighted by atomic mass is 10.0. The molecule has 0 saturated carbocycles. The van der Waals surface area contributed by atoms with Crippen LogP contribution in [0.5, 0.6) is 17.2 Å². The zero-order valence-corrected chi connectivity index (χ0v) is 13.0. The molecule has 0 heterocycles. The molecule has 0 amide bonds. The molecule has 0 aliphatic carbocycles. The van der Waals surface area contributed by atoms with Crippen LogP contribution in [0.3, 0.4) is 0 Å². The molecule has 0 unspecified atom stereocenters. The zero-order valence-electron chi connectivity index (χ0n) is 12.2. The number of aromatic hydroxyl groups is 1. The summed E-state index contributed by atoms with van der Waals surface area (Å²) in [5.74, 6) is 0.527. The summed E-state index contributed by atoms with van der Waals surface area (Å²) in [6.45, 7) is 2.99. The molecule has 0 aromatic heterocycles. The number of ether oxygens (including phenoxy) is 2. The molecule has 114 valence electrons. The van der Waals surface area contributed by atoms with E-state index in [2.05, 4.69) is 0 Å². The summed E-state index contributed by atoms with van der Waals surface area (Å²) in [6, 6.07) is 5.00. The van der Waals surface area contributed by atoms with Gasteiger partial charge in [-0.15, -0.1) is 0 Å². The van der Waals surface area contributed by atoms with Crippen molar-refractivity contribution in [2.24, 2.45) is 0 Å². The summed E-state index contributed by atoms with van der Waals surface area (Å²) in [7, 11) is 3.13.